The van der Waals surface area contributed by atoms with Gasteiger partial charge in [0.15, 0.2) is 5.69 Å². The van der Waals surface area contributed by atoms with Crippen LogP contribution in [0.15, 0.2) is 35.5 Å². The first-order chi connectivity index (χ1) is 10.2. The zero-order valence-corrected chi connectivity index (χ0v) is 13.2. The van der Waals surface area contributed by atoms with Gasteiger partial charge in [-0.15, -0.1) is 4.83 Å². The lowest BCUT2D eigenvalue weighted by Crippen LogP contribution is -2.41. The molecule has 0 bridgehead atoms. The summed E-state index contributed by atoms with van der Waals surface area (Å²) in [5.41, 5.74) is 2.79. The zero-order valence-electron chi connectivity index (χ0n) is 12.4. The summed E-state index contributed by atoms with van der Waals surface area (Å²) in [6, 6.07) is 4.43. The molecule has 1 amide bonds. The number of rotatable bonds is 4. The van der Waals surface area contributed by atoms with Crippen LogP contribution >= 0.6 is 0 Å². The van der Waals surface area contributed by atoms with Crippen LogP contribution in [0, 0.1) is 0 Å². The molecular formula is C13H17N5O3S. The fourth-order valence-corrected chi connectivity index (χ4v) is 2.37. The van der Waals surface area contributed by atoms with Crippen LogP contribution in [0.25, 0.3) is 0 Å². The Bertz CT molecular complexity index is 762. The number of aromatic amines is 1. The van der Waals surface area contributed by atoms with E-state index in [1.54, 1.807) is 6.07 Å². The van der Waals surface area contributed by atoms with Gasteiger partial charge in [0.05, 0.1) is 0 Å². The van der Waals surface area contributed by atoms with E-state index in [2.05, 4.69) is 20.6 Å². The fraction of sp³-hybridized carbons (Fsp3) is 0.308. The van der Waals surface area contributed by atoms with Crippen LogP contribution in [0.4, 0.5) is 0 Å². The number of H-pyrrole nitrogens is 1. The molecule has 22 heavy (non-hydrogen) atoms. The standard InChI is InChI=1S/C13H17N5O3S/c1-13(2,3)11-7-10(15-16-11)12(19)17-18-22(20,21)9-5-4-6-14-8-9/h4-8,18H,1-3H3,(H,15,16)(H,17,19). The Morgan fingerprint density at radius 1 is 1.32 bits per heavy atom. The van der Waals surface area contributed by atoms with Gasteiger partial charge in [-0.2, -0.15) is 5.10 Å². The van der Waals surface area contributed by atoms with Crippen molar-refractivity contribution in [2.45, 2.75) is 31.1 Å². The minimum atomic E-state index is -3.87. The highest BCUT2D eigenvalue weighted by atomic mass is 32.2. The summed E-state index contributed by atoms with van der Waals surface area (Å²) < 4.78 is 23.9. The fourth-order valence-electron chi connectivity index (χ4n) is 1.56. The minimum absolute atomic E-state index is 0.0484. The third-order valence-corrected chi connectivity index (χ3v) is 4.10. The average molecular weight is 323 g/mol. The van der Waals surface area contributed by atoms with Crippen molar-refractivity contribution in [2.75, 3.05) is 0 Å². The molecule has 2 aromatic heterocycles. The average Bonchev–Trinajstić information content (AvgIpc) is 2.96. The van der Waals surface area contributed by atoms with E-state index < -0.39 is 15.9 Å². The number of amides is 1. The van der Waals surface area contributed by atoms with Crippen LogP contribution in [-0.4, -0.2) is 29.5 Å². The normalized spacial score (nSPS) is 12.1. The molecular weight excluding hydrogens is 306 g/mol. The maximum Gasteiger partial charge on any atom is 0.286 e. The molecule has 0 fully saturated rings. The summed E-state index contributed by atoms with van der Waals surface area (Å²) in [6.45, 7) is 5.90. The van der Waals surface area contributed by atoms with Crippen molar-refractivity contribution < 1.29 is 13.2 Å². The number of sulfonamides is 1. The van der Waals surface area contributed by atoms with Gasteiger partial charge in [0.2, 0.25) is 0 Å². The molecule has 0 saturated heterocycles. The van der Waals surface area contributed by atoms with Crippen LogP contribution < -0.4 is 10.3 Å². The Morgan fingerprint density at radius 2 is 2.05 bits per heavy atom. The monoisotopic (exact) mass is 323 g/mol. The van der Waals surface area contributed by atoms with Gasteiger partial charge in [0, 0.05) is 23.5 Å². The van der Waals surface area contributed by atoms with Crippen molar-refractivity contribution in [3.8, 4) is 0 Å². The molecule has 0 saturated carbocycles. The van der Waals surface area contributed by atoms with E-state index in [1.807, 2.05) is 25.6 Å². The first-order valence-electron chi connectivity index (χ1n) is 6.48. The van der Waals surface area contributed by atoms with Gasteiger partial charge in [-0.3, -0.25) is 20.3 Å². The number of carbonyl (C=O) groups is 1. The van der Waals surface area contributed by atoms with E-state index in [1.165, 1.54) is 24.5 Å². The van der Waals surface area contributed by atoms with Crippen molar-refractivity contribution in [3.63, 3.8) is 0 Å². The van der Waals surface area contributed by atoms with Crippen molar-refractivity contribution in [1.29, 1.82) is 0 Å². The molecule has 2 aromatic rings. The number of nitrogens with zero attached hydrogens (tertiary/aromatic N) is 2. The highest BCUT2D eigenvalue weighted by Gasteiger charge is 2.21. The second kappa shape index (κ2) is 5.85. The SMILES string of the molecule is CC(C)(C)c1cc(C(=O)NNS(=O)(=O)c2cccnc2)n[nH]1. The number of nitrogens with one attached hydrogen (secondary N) is 3. The molecule has 0 atom stereocenters. The number of hydrogen-bond acceptors (Lipinski definition) is 5. The number of aromatic nitrogens is 3. The van der Waals surface area contributed by atoms with E-state index in [0.717, 1.165) is 5.69 Å². The van der Waals surface area contributed by atoms with Gasteiger partial charge in [0.25, 0.3) is 15.9 Å². The van der Waals surface area contributed by atoms with Crippen molar-refractivity contribution >= 4 is 15.9 Å². The molecule has 9 heteroatoms. The predicted molar refractivity (Wildman–Crippen MR) is 79.3 cm³/mol. The minimum Gasteiger partial charge on any atom is -0.281 e. The smallest absolute Gasteiger partial charge is 0.281 e. The Labute approximate surface area is 128 Å². The van der Waals surface area contributed by atoms with Gasteiger partial charge in [-0.25, -0.2) is 8.42 Å². The molecule has 0 aliphatic carbocycles. The molecule has 118 valence electrons. The summed E-state index contributed by atoms with van der Waals surface area (Å²) in [5.74, 6) is -0.654. The molecule has 3 N–H and O–H groups in total. The van der Waals surface area contributed by atoms with Gasteiger partial charge in [0.1, 0.15) is 4.90 Å². The lowest BCUT2D eigenvalue weighted by atomic mass is 9.92. The number of carbonyl (C=O) groups excluding carboxylic acids is 1. The molecule has 0 aliphatic heterocycles. The molecule has 0 aromatic carbocycles. The molecule has 0 aliphatic rings. The first kappa shape index (κ1) is 16.1. The second-order valence-corrected chi connectivity index (χ2v) is 7.35. The molecule has 2 rings (SSSR count). The highest BCUT2D eigenvalue weighted by Crippen LogP contribution is 2.20. The lowest BCUT2D eigenvalue weighted by molar-refractivity contribution is 0.0940. The Kier molecular flexibility index (Phi) is 4.29. The highest BCUT2D eigenvalue weighted by molar-refractivity contribution is 7.89. The molecule has 0 unspecified atom stereocenters. The molecule has 8 nitrogen and oxygen atoms in total. The summed E-state index contributed by atoms with van der Waals surface area (Å²) in [5, 5.41) is 6.63. The Balaban J connectivity index is 2.06. The summed E-state index contributed by atoms with van der Waals surface area (Å²) in [6.07, 6.45) is 2.64. The van der Waals surface area contributed by atoms with Gasteiger partial charge in [-0.1, -0.05) is 20.8 Å². The van der Waals surface area contributed by atoms with Crippen LogP contribution in [0.3, 0.4) is 0 Å². The largest absolute Gasteiger partial charge is 0.286 e. The van der Waals surface area contributed by atoms with E-state index in [9.17, 15) is 13.2 Å². The lowest BCUT2D eigenvalue weighted by Gasteiger charge is -2.14. The van der Waals surface area contributed by atoms with Crippen molar-refractivity contribution in [1.82, 2.24) is 25.4 Å². The Morgan fingerprint density at radius 3 is 2.59 bits per heavy atom. The van der Waals surface area contributed by atoms with Crippen molar-refractivity contribution in [3.05, 3.63) is 42.0 Å². The first-order valence-corrected chi connectivity index (χ1v) is 7.96. The second-order valence-electron chi connectivity index (χ2n) is 5.67. The third kappa shape index (κ3) is 3.68. The van der Waals surface area contributed by atoms with E-state index >= 15 is 0 Å². The van der Waals surface area contributed by atoms with Gasteiger partial charge >= 0.3 is 0 Å². The molecule has 0 spiro atoms. The van der Waals surface area contributed by atoms with E-state index in [-0.39, 0.29) is 16.0 Å². The quantitative estimate of drug-likeness (QED) is 0.717. The topological polar surface area (TPSA) is 117 Å². The maximum absolute atomic E-state index is 11.9. The summed E-state index contributed by atoms with van der Waals surface area (Å²) in [7, 11) is -3.87. The number of hydrazine groups is 1. The van der Waals surface area contributed by atoms with Crippen LogP contribution in [0.5, 0.6) is 0 Å². The van der Waals surface area contributed by atoms with Crippen LogP contribution in [0.2, 0.25) is 0 Å². The third-order valence-electron chi connectivity index (χ3n) is 2.86. The van der Waals surface area contributed by atoms with Gasteiger partial charge < -0.3 is 0 Å². The molecule has 2 heterocycles. The van der Waals surface area contributed by atoms with E-state index in [4.69, 9.17) is 0 Å². The maximum atomic E-state index is 11.9. The van der Waals surface area contributed by atoms with Crippen molar-refractivity contribution in [2.24, 2.45) is 0 Å². The summed E-state index contributed by atoms with van der Waals surface area (Å²) in [4.78, 5) is 17.6. The predicted octanol–water partition coefficient (Wildman–Crippen LogP) is 0.726. The number of pyridine rings is 1. The zero-order chi connectivity index (χ0) is 16.4. The Hall–Kier alpha value is -2.26. The molecule has 0 radical (unpaired) electrons. The van der Waals surface area contributed by atoms with Crippen LogP contribution in [0.1, 0.15) is 37.0 Å². The number of hydrogen-bond donors (Lipinski definition) is 3. The van der Waals surface area contributed by atoms with Gasteiger partial charge in [-0.05, 0) is 18.2 Å². The van der Waals surface area contributed by atoms with E-state index in [0.29, 0.717) is 0 Å². The summed E-state index contributed by atoms with van der Waals surface area (Å²) >= 11 is 0. The van der Waals surface area contributed by atoms with Crippen LogP contribution in [-0.2, 0) is 15.4 Å².